The van der Waals surface area contributed by atoms with Gasteiger partial charge in [-0.2, -0.15) is 0 Å². The highest BCUT2D eigenvalue weighted by molar-refractivity contribution is 5.84. The molecule has 1 saturated heterocycles. The molecule has 0 amide bonds. The largest absolute Gasteiger partial charge is 0.374 e. The second-order valence-electron chi connectivity index (χ2n) is 6.87. The van der Waals surface area contributed by atoms with Crippen LogP contribution in [-0.4, -0.2) is 33.2 Å². The summed E-state index contributed by atoms with van der Waals surface area (Å²) in [4.78, 5) is 13.2. The normalized spacial score (nSPS) is 36.5. The molecule has 1 N–H and O–H groups in total. The summed E-state index contributed by atoms with van der Waals surface area (Å²) in [5, 5.41) is 3.67. The molecule has 114 valence electrons. The van der Waals surface area contributed by atoms with E-state index in [9.17, 15) is 0 Å². The van der Waals surface area contributed by atoms with Gasteiger partial charge in [0.1, 0.15) is 11.8 Å². The van der Waals surface area contributed by atoms with Crippen LogP contribution in [0.2, 0.25) is 0 Å². The lowest BCUT2D eigenvalue weighted by molar-refractivity contribution is -0.160. The minimum Gasteiger partial charge on any atom is -0.374 e. The lowest BCUT2D eigenvalue weighted by Crippen LogP contribution is -2.61. The van der Waals surface area contributed by atoms with Gasteiger partial charge in [-0.15, -0.1) is 0 Å². The zero-order chi connectivity index (χ0) is 14.6. The highest BCUT2D eigenvalue weighted by atomic mass is 16.5. The third-order valence-electron chi connectivity index (χ3n) is 5.98. The Balaban J connectivity index is 1.46. The first-order valence-corrected chi connectivity index (χ1v) is 8.33. The number of hydrogen-bond acceptors (Lipinski definition) is 5. The molecule has 3 heterocycles. The summed E-state index contributed by atoms with van der Waals surface area (Å²) in [6.45, 7) is 0.950. The molecule has 1 spiro atoms. The summed E-state index contributed by atoms with van der Waals surface area (Å²) in [5.74, 6) is 2.29. The van der Waals surface area contributed by atoms with Crippen molar-refractivity contribution in [3.05, 3.63) is 24.7 Å². The molecule has 3 aliphatic rings. The Bertz CT molecular complexity index is 715. The molecule has 4 atom stereocenters. The molecule has 2 aromatic heterocycles. The van der Waals surface area contributed by atoms with Crippen LogP contribution in [0.25, 0.3) is 11.0 Å². The number of ether oxygens (including phenoxy) is 1. The van der Waals surface area contributed by atoms with E-state index < -0.39 is 0 Å². The molecule has 2 aromatic rings. The quantitative estimate of drug-likeness (QED) is 0.923. The molecule has 1 aliphatic heterocycles. The molecule has 3 fully saturated rings. The average Bonchev–Trinajstić information content (AvgIpc) is 2.82. The lowest BCUT2D eigenvalue weighted by atomic mass is 9.53. The second kappa shape index (κ2) is 4.62. The van der Waals surface area contributed by atoms with Crippen LogP contribution in [0.3, 0.4) is 0 Å². The first-order valence-electron chi connectivity index (χ1n) is 8.33. The molecule has 4 unspecified atom stereocenters. The smallest absolute Gasteiger partial charge is 0.156 e. The predicted octanol–water partition coefficient (Wildman–Crippen LogP) is 2.78. The van der Waals surface area contributed by atoms with Crippen LogP contribution in [0.5, 0.6) is 0 Å². The van der Waals surface area contributed by atoms with E-state index in [1.54, 1.807) is 12.5 Å². The van der Waals surface area contributed by atoms with Gasteiger partial charge in [0.25, 0.3) is 0 Å². The van der Waals surface area contributed by atoms with Crippen molar-refractivity contribution in [3.8, 4) is 0 Å². The van der Waals surface area contributed by atoms with Gasteiger partial charge in [-0.1, -0.05) is 0 Å². The van der Waals surface area contributed by atoms with E-state index in [-0.39, 0.29) is 5.60 Å². The Morgan fingerprint density at radius 1 is 1.23 bits per heavy atom. The van der Waals surface area contributed by atoms with Crippen molar-refractivity contribution >= 4 is 16.9 Å². The van der Waals surface area contributed by atoms with E-state index in [0.717, 1.165) is 29.4 Å². The highest BCUT2D eigenvalue weighted by Crippen LogP contribution is 2.59. The number of hydrogen-bond donors (Lipinski definition) is 1. The zero-order valence-electron chi connectivity index (χ0n) is 12.5. The fourth-order valence-corrected chi connectivity index (χ4v) is 4.94. The number of nitrogens with one attached hydrogen (secondary N) is 1. The first kappa shape index (κ1) is 12.8. The van der Waals surface area contributed by atoms with Gasteiger partial charge in [0.15, 0.2) is 5.82 Å². The van der Waals surface area contributed by atoms with Crippen LogP contribution >= 0.6 is 0 Å². The summed E-state index contributed by atoms with van der Waals surface area (Å²) in [5.41, 5.74) is 1.94. The number of nitrogens with zero attached hydrogens (tertiary/aromatic N) is 3. The molecule has 5 heteroatoms. The van der Waals surface area contributed by atoms with E-state index >= 15 is 0 Å². The van der Waals surface area contributed by atoms with Crippen LogP contribution in [0.1, 0.15) is 32.1 Å². The molecule has 22 heavy (non-hydrogen) atoms. The van der Waals surface area contributed by atoms with E-state index in [2.05, 4.69) is 20.3 Å². The van der Waals surface area contributed by atoms with Crippen LogP contribution in [0.4, 0.5) is 5.82 Å². The van der Waals surface area contributed by atoms with Gasteiger partial charge in [0, 0.05) is 24.8 Å². The summed E-state index contributed by atoms with van der Waals surface area (Å²) < 4.78 is 6.21. The molecule has 5 nitrogen and oxygen atoms in total. The van der Waals surface area contributed by atoms with E-state index in [0.29, 0.717) is 12.0 Å². The SMILES string of the molecule is c1cnc2c(NC3CCCC45OCCC4CC35)ncnc2c1. The molecule has 2 saturated carbocycles. The third-order valence-corrected chi connectivity index (χ3v) is 5.98. The van der Waals surface area contributed by atoms with Crippen molar-refractivity contribution in [2.75, 3.05) is 11.9 Å². The van der Waals surface area contributed by atoms with Gasteiger partial charge in [-0.3, -0.25) is 4.98 Å². The van der Waals surface area contributed by atoms with Crippen molar-refractivity contribution in [2.24, 2.45) is 11.8 Å². The van der Waals surface area contributed by atoms with E-state index in [1.807, 2.05) is 12.1 Å². The maximum Gasteiger partial charge on any atom is 0.156 e. The average molecular weight is 296 g/mol. The van der Waals surface area contributed by atoms with Crippen molar-refractivity contribution in [1.82, 2.24) is 15.0 Å². The monoisotopic (exact) mass is 296 g/mol. The summed E-state index contributed by atoms with van der Waals surface area (Å²) in [7, 11) is 0. The van der Waals surface area contributed by atoms with Gasteiger partial charge in [0.05, 0.1) is 11.1 Å². The van der Waals surface area contributed by atoms with Gasteiger partial charge in [0.2, 0.25) is 0 Å². The number of anilines is 1. The van der Waals surface area contributed by atoms with Gasteiger partial charge in [-0.05, 0) is 50.2 Å². The van der Waals surface area contributed by atoms with Gasteiger partial charge >= 0.3 is 0 Å². The molecular formula is C17H20N4O. The number of pyridine rings is 1. The van der Waals surface area contributed by atoms with Gasteiger partial charge < -0.3 is 10.1 Å². The van der Waals surface area contributed by atoms with Crippen LogP contribution < -0.4 is 5.32 Å². The lowest BCUT2D eigenvalue weighted by Gasteiger charge is -2.57. The number of fused-ring (bicyclic) bond motifs is 1. The Morgan fingerprint density at radius 2 is 2.23 bits per heavy atom. The fourth-order valence-electron chi connectivity index (χ4n) is 4.94. The topological polar surface area (TPSA) is 59.9 Å². The number of aromatic nitrogens is 3. The highest BCUT2D eigenvalue weighted by Gasteiger charge is 2.62. The number of rotatable bonds is 2. The van der Waals surface area contributed by atoms with Crippen molar-refractivity contribution < 1.29 is 4.74 Å². The Morgan fingerprint density at radius 3 is 3.18 bits per heavy atom. The summed E-state index contributed by atoms with van der Waals surface area (Å²) in [6, 6.07) is 4.34. The van der Waals surface area contributed by atoms with E-state index in [4.69, 9.17) is 4.74 Å². The Kier molecular flexibility index (Phi) is 2.68. The molecular weight excluding hydrogens is 276 g/mol. The second-order valence-corrected chi connectivity index (χ2v) is 6.87. The van der Waals surface area contributed by atoms with Crippen molar-refractivity contribution in [1.29, 1.82) is 0 Å². The van der Waals surface area contributed by atoms with Gasteiger partial charge in [-0.25, -0.2) is 9.97 Å². The molecule has 2 aliphatic carbocycles. The minimum absolute atomic E-state index is 0.173. The zero-order valence-corrected chi connectivity index (χ0v) is 12.5. The summed E-state index contributed by atoms with van der Waals surface area (Å²) >= 11 is 0. The Labute approximate surface area is 129 Å². The molecule has 0 radical (unpaired) electrons. The van der Waals surface area contributed by atoms with Crippen LogP contribution in [-0.2, 0) is 4.74 Å². The Hall–Kier alpha value is -1.75. The maximum absolute atomic E-state index is 6.21. The third kappa shape index (κ3) is 1.66. The fraction of sp³-hybridized carbons (Fsp3) is 0.588. The maximum atomic E-state index is 6.21. The minimum atomic E-state index is 0.173. The molecule has 5 rings (SSSR count). The summed E-state index contributed by atoms with van der Waals surface area (Å²) in [6.07, 6.45) is 9.65. The molecule has 0 bridgehead atoms. The van der Waals surface area contributed by atoms with Crippen LogP contribution in [0, 0.1) is 11.8 Å². The van der Waals surface area contributed by atoms with Crippen molar-refractivity contribution in [3.63, 3.8) is 0 Å². The molecule has 0 aromatic carbocycles. The standard InChI is InChI=1S/C17H20N4O/c1-3-13(12-9-11-5-8-22-17(11,12)6-1)21-16-15-14(19-10-20-16)4-2-7-18-15/h2,4,7,10-13H,1,3,5-6,8-9H2,(H,19,20,21). The predicted molar refractivity (Wildman–Crippen MR) is 83.5 cm³/mol. The van der Waals surface area contributed by atoms with E-state index in [1.165, 1.54) is 32.1 Å². The first-order chi connectivity index (χ1) is 10.9. The van der Waals surface area contributed by atoms with Crippen LogP contribution in [0.15, 0.2) is 24.7 Å². The van der Waals surface area contributed by atoms with Crippen molar-refractivity contribution in [2.45, 2.75) is 43.7 Å².